The Balaban J connectivity index is 0. The van der Waals surface area contributed by atoms with Gasteiger partial charge in [-0.05, 0) is 13.1 Å². The van der Waals surface area contributed by atoms with Gasteiger partial charge >= 0.3 is 8.24 Å². The molecule has 0 fully saturated rings. The summed E-state index contributed by atoms with van der Waals surface area (Å²) in [6.45, 7) is 6.84. The lowest BCUT2D eigenvalue weighted by Gasteiger charge is -2.36. The molecule has 0 aromatic rings. The molecule has 0 saturated heterocycles. The first kappa shape index (κ1) is 31.5. The number of quaternary nitrogens is 1. The Hall–Kier alpha value is 0.347. The molecule has 0 aromatic heterocycles. The smallest absolute Gasteiger partial charge is 0.389 e. The molecule has 4 nitrogen and oxygen atoms in total. The Labute approximate surface area is 190 Å². The molecule has 29 heavy (non-hydrogen) atoms. The molecule has 0 aliphatic rings. The summed E-state index contributed by atoms with van der Waals surface area (Å²) < 4.78 is -0.0776. The molecular formula is C23H52ClNO3Si. The van der Waals surface area contributed by atoms with E-state index in [1.54, 1.807) is 21.3 Å². The zero-order chi connectivity index (χ0) is 21.1. The number of nitrogens with zero attached hydrogens (tertiary/aromatic N) is 1. The fourth-order valence-electron chi connectivity index (χ4n) is 4.21. The molecule has 0 aliphatic carbocycles. The van der Waals surface area contributed by atoms with Crippen LogP contribution in [0.3, 0.4) is 0 Å². The maximum Gasteiger partial charge on any atom is 0.389 e. The molecule has 178 valence electrons. The summed E-state index contributed by atoms with van der Waals surface area (Å²) in [5, 5.41) is 0. The van der Waals surface area contributed by atoms with Crippen molar-refractivity contribution in [2.45, 2.75) is 129 Å². The van der Waals surface area contributed by atoms with E-state index in [2.05, 4.69) is 20.0 Å². The van der Waals surface area contributed by atoms with Gasteiger partial charge in [-0.15, -0.1) is 0 Å². The highest BCUT2D eigenvalue weighted by Crippen LogP contribution is 2.28. The Kier molecular flexibility index (Phi) is 22.0. The van der Waals surface area contributed by atoms with Crippen molar-refractivity contribution in [1.29, 1.82) is 0 Å². The molecule has 0 N–H and O–H groups in total. The Bertz CT molecular complexity index is 334. The molecular weight excluding hydrogens is 402 g/mol. The average molecular weight is 454 g/mol. The van der Waals surface area contributed by atoms with Crippen molar-refractivity contribution in [3.05, 3.63) is 0 Å². The topological polar surface area (TPSA) is 27.7 Å². The van der Waals surface area contributed by atoms with E-state index >= 15 is 0 Å². The second kappa shape index (κ2) is 20.3. The van der Waals surface area contributed by atoms with Crippen LogP contribution in [0, 0.1) is 0 Å². The van der Waals surface area contributed by atoms with Gasteiger partial charge in [-0.1, -0.05) is 110 Å². The minimum atomic E-state index is -1.82. The third-order valence-electron chi connectivity index (χ3n) is 6.10. The summed E-state index contributed by atoms with van der Waals surface area (Å²) in [6.07, 6.45) is 22.5. The molecule has 0 heterocycles. The van der Waals surface area contributed by atoms with Crippen LogP contribution in [0.15, 0.2) is 0 Å². The maximum absolute atomic E-state index is 5.54. The first-order valence-corrected chi connectivity index (χ1v) is 15.2. The zero-order valence-corrected chi connectivity index (χ0v) is 22.3. The number of hydrogen-bond donors (Lipinski definition) is 0. The van der Waals surface area contributed by atoms with Crippen LogP contribution in [0.4, 0.5) is 0 Å². The van der Waals surface area contributed by atoms with E-state index in [0.29, 0.717) is 0 Å². The van der Waals surface area contributed by atoms with Gasteiger partial charge in [0.2, 0.25) is 0 Å². The first-order chi connectivity index (χ1) is 13.5. The summed E-state index contributed by atoms with van der Waals surface area (Å²) in [5.74, 6) is 0. The van der Waals surface area contributed by atoms with E-state index in [4.69, 9.17) is 14.5 Å². The highest BCUT2D eigenvalue weighted by atomic mass is 35.5. The Morgan fingerprint density at radius 1 is 0.517 bits per heavy atom. The van der Waals surface area contributed by atoms with Gasteiger partial charge < -0.3 is 12.4 Å². The number of rotatable bonds is 21. The van der Waals surface area contributed by atoms with Crippen molar-refractivity contribution in [2.24, 2.45) is 0 Å². The van der Waals surface area contributed by atoms with Gasteiger partial charge in [0.25, 0.3) is 0 Å². The fraction of sp³-hybridized carbons (Fsp3) is 1.00. The van der Waals surface area contributed by atoms with Gasteiger partial charge in [-0.2, -0.15) is 14.5 Å². The van der Waals surface area contributed by atoms with Gasteiger partial charge in [-0.3, -0.25) is 0 Å². The van der Waals surface area contributed by atoms with Crippen molar-refractivity contribution in [1.82, 2.24) is 0 Å². The number of halogens is 1. The van der Waals surface area contributed by atoms with E-state index in [0.717, 1.165) is 6.04 Å². The molecule has 0 atom stereocenters. The van der Waals surface area contributed by atoms with Gasteiger partial charge in [0, 0.05) is 10.7 Å². The first-order valence-electron chi connectivity index (χ1n) is 12.1. The summed E-state index contributed by atoms with van der Waals surface area (Å²) >= 11 is 0. The third-order valence-corrected chi connectivity index (χ3v) is 9.71. The molecule has 0 radical (unpaired) electrons. The third kappa shape index (κ3) is 14.1. The van der Waals surface area contributed by atoms with E-state index < -0.39 is 8.24 Å². The monoisotopic (exact) mass is 453 g/mol. The molecule has 0 unspecified atom stereocenters. The standard InChI is InChI=1S/C23H52NO3Si.ClH/c1-7-8-9-10-11-12-13-14-15-16-17-18-19-20-21-22-23-28(5,6)24(25-2,26-3)27-4;/h7-23H2,1-6H3;1H/q+1;/p-1. The van der Waals surface area contributed by atoms with Crippen LogP contribution < -0.4 is 12.4 Å². The molecule has 0 bridgehead atoms. The normalized spacial score (nSPS) is 12.2. The fourth-order valence-corrected chi connectivity index (χ4v) is 7.08. The van der Waals surface area contributed by atoms with Crippen LogP contribution in [0.2, 0.25) is 19.1 Å². The van der Waals surface area contributed by atoms with Crippen LogP contribution in [-0.2, 0) is 14.5 Å². The van der Waals surface area contributed by atoms with Crippen LogP contribution in [0.1, 0.15) is 110 Å². The van der Waals surface area contributed by atoms with Gasteiger partial charge in [0.05, 0.1) is 0 Å². The summed E-state index contributed by atoms with van der Waals surface area (Å²) in [6, 6.07) is 1.15. The minimum Gasteiger partial charge on any atom is -1.00 e. The van der Waals surface area contributed by atoms with E-state index in [-0.39, 0.29) is 17.0 Å². The highest BCUT2D eigenvalue weighted by Gasteiger charge is 2.53. The van der Waals surface area contributed by atoms with Crippen LogP contribution in [-0.4, -0.2) is 34.2 Å². The number of hydrogen-bond acceptors (Lipinski definition) is 3. The Morgan fingerprint density at radius 2 is 0.793 bits per heavy atom. The lowest BCUT2D eigenvalue weighted by molar-refractivity contribution is -1.30. The Morgan fingerprint density at radius 3 is 1.07 bits per heavy atom. The molecule has 0 spiro atoms. The largest absolute Gasteiger partial charge is 1.00 e. The zero-order valence-electron chi connectivity index (χ0n) is 20.6. The lowest BCUT2D eigenvalue weighted by Crippen LogP contribution is -3.00. The van der Waals surface area contributed by atoms with E-state index in [9.17, 15) is 0 Å². The predicted molar refractivity (Wildman–Crippen MR) is 123 cm³/mol. The molecule has 6 heteroatoms. The molecule has 0 amide bonds. The summed E-state index contributed by atoms with van der Waals surface area (Å²) in [4.78, 5) is 16.6. The molecule has 0 aromatic carbocycles. The van der Waals surface area contributed by atoms with Gasteiger partial charge in [0.15, 0.2) is 0 Å². The predicted octanol–water partition coefficient (Wildman–Crippen LogP) is 4.96. The SMILES string of the molecule is CCCCCCCCCCCCCCCCCC[Si](C)(C)[N+](OC)(OC)OC.[Cl-]. The van der Waals surface area contributed by atoms with Crippen LogP contribution in [0.25, 0.3) is 0 Å². The summed E-state index contributed by atoms with van der Waals surface area (Å²) in [5.41, 5.74) is 0. The van der Waals surface area contributed by atoms with E-state index in [1.807, 2.05) is 0 Å². The highest BCUT2D eigenvalue weighted by molar-refractivity contribution is 6.69. The quantitative estimate of drug-likeness (QED) is 0.140. The van der Waals surface area contributed by atoms with Crippen LogP contribution in [0.5, 0.6) is 0 Å². The average Bonchev–Trinajstić information content (AvgIpc) is 2.69. The lowest BCUT2D eigenvalue weighted by atomic mass is 10.0. The second-order valence-electron chi connectivity index (χ2n) is 8.91. The van der Waals surface area contributed by atoms with E-state index in [1.165, 1.54) is 103 Å². The summed E-state index contributed by atoms with van der Waals surface area (Å²) in [7, 11) is 3.17. The molecule has 0 saturated carbocycles. The molecule has 0 aliphatic heterocycles. The van der Waals surface area contributed by atoms with Gasteiger partial charge in [0.1, 0.15) is 21.3 Å². The minimum absolute atomic E-state index is 0. The van der Waals surface area contributed by atoms with Crippen molar-refractivity contribution in [3.8, 4) is 0 Å². The maximum atomic E-state index is 5.54. The van der Waals surface area contributed by atoms with Gasteiger partial charge in [-0.25, -0.2) is 0 Å². The van der Waals surface area contributed by atoms with Crippen molar-refractivity contribution >= 4 is 8.24 Å². The van der Waals surface area contributed by atoms with Crippen molar-refractivity contribution in [3.63, 3.8) is 0 Å². The van der Waals surface area contributed by atoms with Crippen molar-refractivity contribution in [2.75, 3.05) is 21.3 Å². The second-order valence-corrected chi connectivity index (χ2v) is 13.6. The van der Waals surface area contributed by atoms with Crippen molar-refractivity contribution < 1.29 is 31.6 Å². The molecule has 0 rings (SSSR count). The number of unbranched alkanes of at least 4 members (excludes halogenated alkanes) is 15. The van der Waals surface area contributed by atoms with Crippen LogP contribution >= 0.6 is 0 Å².